The van der Waals surface area contributed by atoms with E-state index in [0.29, 0.717) is 10.2 Å². The van der Waals surface area contributed by atoms with Gasteiger partial charge in [-0.1, -0.05) is 6.07 Å². The van der Waals surface area contributed by atoms with Crippen LogP contribution in [0.5, 0.6) is 0 Å². The molecule has 1 spiro atoms. The van der Waals surface area contributed by atoms with Crippen molar-refractivity contribution in [1.82, 2.24) is 0 Å². The van der Waals surface area contributed by atoms with Crippen LogP contribution in [0.2, 0.25) is 0 Å². The zero-order valence-electron chi connectivity index (χ0n) is 7.23. The minimum absolute atomic E-state index is 0.0514. The Labute approximate surface area is 88.6 Å². The lowest BCUT2D eigenvalue weighted by atomic mass is 9.98. The number of nitrogens with one attached hydrogen (secondary N) is 1. The Morgan fingerprint density at radius 3 is 2.79 bits per heavy atom. The van der Waals surface area contributed by atoms with Crippen LogP contribution in [0.15, 0.2) is 16.6 Å². The van der Waals surface area contributed by atoms with Crippen molar-refractivity contribution in [2.75, 3.05) is 5.32 Å². The van der Waals surface area contributed by atoms with Gasteiger partial charge in [0.15, 0.2) is 5.82 Å². The SMILES string of the molecule is O=C1Nc2c(ccc(Br)c2F)C12CC2. The van der Waals surface area contributed by atoms with Gasteiger partial charge in [0.05, 0.1) is 15.6 Å². The smallest absolute Gasteiger partial charge is 0.235 e. The van der Waals surface area contributed by atoms with E-state index >= 15 is 0 Å². The molecule has 4 heteroatoms. The Bertz CT molecular complexity index is 454. The molecule has 1 fully saturated rings. The molecule has 1 saturated carbocycles. The van der Waals surface area contributed by atoms with Gasteiger partial charge >= 0.3 is 0 Å². The molecule has 1 N–H and O–H groups in total. The normalized spacial score (nSPS) is 20.9. The van der Waals surface area contributed by atoms with Gasteiger partial charge in [-0.05, 0) is 40.4 Å². The first-order valence-electron chi connectivity index (χ1n) is 4.45. The molecule has 0 bridgehead atoms. The van der Waals surface area contributed by atoms with Gasteiger partial charge < -0.3 is 5.32 Å². The number of fused-ring (bicyclic) bond motifs is 2. The fourth-order valence-corrected chi connectivity index (χ4v) is 2.38. The predicted molar refractivity (Wildman–Crippen MR) is 53.6 cm³/mol. The molecule has 0 unspecified atom stereocenters. The third-order valence-electron chi connectivity index (χ3n) is 3.03. The van der Waals surface area contributed by atoms with Gasteiger partial charge in [0.2, 0.25) is 5.91 Å². The summed E-state index contributed by atoms with van der Waals surface area (Å²) in [7, 11) is 0. The quantitative estimate of drug-likeness (QED) is 0.759. The van der Waals surface area contributed by atoms with E-state index in [1.54, 1.807) is 6.07 Å². The van der Waals surface area contributed by atoms with Crippen molar-refractivity contribution in [3.8, 4) is 0 Å². The van der Waals surface area contributed by atoms with Crippen molar-refractivity contribution in [1.29, 1.82) is 0 Å². The van der Waals surface area contributed by atoms with Crippen molar-refractivity contribution in [2.45, 2.75) is 18.3 Å². The maximum absolute atomic E-state index is 13.6. The Balaban J connectivity index is 2.27. The molecule has 72 valence electrons. The Morgan fingerprint density at radius 1 is 1.43 bits per heavy atom. The maximum atomic E-state index is 13.6. The van der Waals surface area contributed by atoms with Gasteiger partial charge in [0.25, 0.3) is 0 Å². The molecule has 0 saturated heterocycles. The van der Waals surface area contributed by atoms with E-state index in [9.17, 15) is 9.18 Å². The molecule has 2 aliphatic rings. The number of anilines is 1. The summed E-state index contributed by atoms with van der Waals surface area (Å²) in [4.78, 5) is 11.6. The molecule has 0 atom stereocenters. The van der Waals surface area contributed by atoms with Gasteiger partial charge in [-0.25, -0.2) is 4.39 Å². The van der Waals surface area contributed by atoms with Crippen LogP contribution in [-0.2, 0) is 10.2 Å². The number of rotatable bonds is 0. The van der Waals surface area contributed by atoms with E-state index in [2.05, 4.69) is 21.2 Å². The number of hydrogen-bond donors (Lipinski definition) is 1. The second-order valence-electron chi connectivity index (χ2n) is 3.82. The molecule has 1 aromatic carbocycles. The number of hydrogen-bond acceptors (Lipinski definition) is 1. The second-order valence-corrected chi connectivity index (χ2v) is 4.67. The molecule has 3 rings (SSSR count). The monoisotopic (exact) mass is 255 g/mol. The minimum atomic E-state index is -0.392. The second kappa shape index (κ2) is 2.37. The summed E-state index contributed by atoms with van der Waals surface area (Å²) >= 11 is 3.10. The van der Waals surface area contributed by atoms with Crippen LogP contribution in [0.3, 0.4) is 0 Å². The molecule has 2 nitrogen and oxygen atoms in total. The molecule has 1 heterocycles. The van der Waals surface area contributed by atoms with Crippen LogP contribution in [-0.4, -0.2) is 5.91 Å². The molecule has 14 heavy (non-hydrogen) atoms. The largest absolute Gasteiger partial charge is 0.323 e. The molecule has 1 aromatic rings. The van der Waals surface area contributed by atoms with Crippen LogP contribution in [0.4, 0.5) is 10.1 Å². The van der Waals surface area contributed by atoms with Crippen LogP contribution in [0, 0.1) is 5.82 Å². The first-order valence-corrected chi connectivity index (χ1v) is 5.24. The first-order chi connectivity index (χ1) is 6.65. The lowest BCUT2D eigenvalue weighted by molar-refractivity contribution is -0.117. The highest BCUT2D eigenvalue weighted by molar-refractivity contribution is 9.10. The number of benzene rings is 1. The Kier molecular flexibility index (Phi) is 1.42. The van der Waals surface area contributed by atoms with E-state index < -0.39 is 5.41 Å². The third-order valence-corrected chi connectivity index (χ3v) is 3.65. The predicted octanol–water partition coefficient (Wildman–Crippen LogP) is 2.57. The molecule has 1 aliphatic carbocycles. The molecular weight excluding hydrogens is 249 g/mol. The summed E-state index contributed by atoms with van der Waals surface area (Å²) in [5.74, 6) is -0.413. The zero-order chi connectivity index (χ0) is 9.92. The van der Waals surface area contributed by atoms with Crippen LogP contribution in [0.25, 0.3) is 0 Å². The van der Waals surface area contributed by atoms with Crippen LogP contribution in [0.1, 0.15) is 18.4 Å². The lowest BCUT2D eigenvalue weighted by Crippen LogP contribution is -2.18. The summed E-state index contributed by atoms with van der Waals surface area (Å²) in [5.41, 5.74) is 0.793. The highest BCUT2D eigenvalue weighted by Gasteiger charge is 2.56. The van der Waals surface area contributed by atoms with Gasteiger partial charge in [-0.3, -0.25) is 4.79 Å². The molecular formula is C10H7BrFNO. The van der Waals surface area contributed by atoms with Crippen molar-refractivity contribution in [2.24, 2.45) is 0 Å². The fourth-order valence-electron chi connectivity index (χ4n) is 2.05. The van der Waals surface area contributed by atoms with E-state index in [1.807, 2.05) is 6.07 Å². The highest BCUT2D eigenvalue weighted by atomic mass is 79.9. The zero-order valence-corrected chi connectivity index (χ0v) is 8.82. The Morgan fingerprint density at radius 2 is 2.14 bits per heavy atom. The van der Waals surface area contributed by atoms with Crippen molar-refractivity contribution in [3.05, 3.63) is 28.0 Å². The van der Waals surface area contributed by atoms with E-state index in [1.165, 1.54) is 0 Å². The Hall–Kier alpha value is -0.900. The maximum Gasteiger partial charge on any atom is 0.235 e. The average Bonchev–Trinajstić information content (AvgIpc) is 2.88. The van der Waals surface area contributed by atoms with Crippen molar-refractivity contribution in [3.63, 3.8) is 0 Å². The molecule has 0 aromatic heterocycles. The van der Waals surface area contributed by atoms with E-state index in [4.69, 9.17) is 0 Å². The first kappa shape index (κ1) is 8.41. The molecule has 1 amide bonds. The van der Waals surface area contributed by atoms with Gasteiger partial charge in [0, 0.05) is 0 Å². The van der Waals surface area contributed by atoms with Crippen molar-refractivity contribution < 1.29 is 9.18 Å². The third kappa shape index (κ3) is 0.823. The number of carbonyl (C=O) groups excluding carboxylic acids is 1. The molecule has 1 aliphatic heterocycles. The van der Waals surface area contributed by atoms with Crippen molar-refractivity contribution >= 4 is 27.5 Å². The summed E-state index contributed by atoms with van der Waals surface area (Å²) in [6, 6.07) is 3.49. The topological polar surface area (TPSA) is 29.1 Å². The number of carbonyl (C=O) groups is 1. The van der Waals surface area contributed by atoms with E-state index in [0.717, 1.165) is 18.4 Å². The van der Waals surface area contributed by atoms with Gasteiger partial charge in [-0.2, -0.15) is 0 Å². The number of halogens is 2. The van der Waals surface area contributed by atoms with Crippen LogP contribution >= 0.6 is 15.9 Å². The summed E-state index contributed by atoms with van der Waals surface area (Å²) in [5, 5.41) is 2.62. The lowest BCUT2D eigenvalue weighted by Gasteiger charge is -2.04. The van der Waals surface area contributed by atoms with Crippen LogP contribution < -0.4 is 5.32 Å². The van der Waals surface area contributed by atoms with Gasteiger partial charge in [0.1, 0.15) is 0 Å². The standard InChI is InChI=1S/C10H7BrFNO/c11-6-2-1-5-8(7(6)12)13-9(14)10(5)3-4-10/h1-2H,3-4H2,(H,13,14). The number of amides is 1. The summed E-state index contributed by atoms with van der Waals surface area (Å²) < 4.78 is 14.0. The highest BCUT2D eigenvalue weighted by Crippen LogP contribution is 2.56. The van der Waals surface area contributed by atoms with Gasteiger partial charge in [-0.15, -0.1) is 0 Å². The average molecular weight is 256 g/mol. The molecule has 0 radical (unpaired) electrons. The summed E-state index contributed by atoms with van der Waals surface area (Å²) in [6.45, 7) is 0. The van der Waals surface area contributed by atoms with E-state index in [-0.39, 0.29) is 11.7 Å². The summed E-state index contributed by atoms with van der Waals surface area (Å²) in [6.07, 6.45) is 1.68. The fraction of sp³-hybridized carbons (Fsp3) is 0.300. The minimum Gasteiger partial charge on any atom is -0.323 e.